The van der Waals surface area contributed by atoms with Crippen LogP contribution in [-0.4, -0.2) is 81.6 Å². The van der Waals surface area contributed by atoms with Crippen LogP contribution in [0, 0.1) is 0 Å². The maximum Gasteiger partial charge on any atom is 0.244 e. The topological polar surface area (TPSA) is 66.9 Å². The minimum atomic E-state index is -3.30. The molecule has 7 heteroatoms. The minimum Gasteiger partial charge on any atom is -0.383 e. The van der Waals surface area contributed by atoms with E-state index >= 15 is 0 Å². The van der Waals surface area contributed by atoms with Crippen molar-refractivity contribution < 1.29 is 17.9 Å². The molecule has 1 aliphatic heterocycles. The minimum absolute atomic E-state index is 0.186. The lowest BCUT2D eigenvalue weighted by Gasteiger charge is -2.25. The molecule has 0 unspecified atom stereocenters. The zero-order chi connectivity index (χ0) is 14.8. The Bertz CT molecular complexity index is 459. The van der Waals surface area contributed by atoms with Gasteiger partial charge in [0.2, 0.25) is 5.91 Å². The van der Waals surface area contributed by atoms with E-state index in [1.165, 1.54) is 6.26 Å². The van der Waals surface area contributed by atoms with Gasteiger partial charge in [-0.2, -0.15) is 0 Å². The molecule has 0 N–H and O–H groups in total. The second-order valence-corrected chi connectivity index (χ2v) is 8.07. The molecule has 1 amide bonds. The summed E-state index contributed by atoms with van der Waals surface area (Å²) in [7, 11) is -1.63. The Kier molecular flexibility index (Phi) is 4.71. The van der Waals surface area contributed by atoms with E-state index in [0.717, 1.165) is 26.1 Å². The normalized spacial score (nSPS) is 23.4. The highest BCUT2D eigenvalue weighted by atomic mass is 32.2. The smallest absolute Gasteiger partial charge is 0.244 e. The van der Waals surface area contributed by atoms with Crippen LogP contribution < -0.4 is 0 Å². The van der Waals surface area contributed by atoms with Gasteiger partial charge in [0.25, 0.3) is 0 Å². The van der Waals surface area contributed by atoms with E-state index in [0.29, 0.717) is 32.5 Å². The van der Waals surface area contributed by atoms with Gasteiger partial charge in [0, 0.05) is 39.5 Å². The molecule has 0 atom stereocenters. The van der Waals surface area contributed by atoms with E-state index in [-0.39, 0.29) is 5.91 Å². The first-order valence-corrected chi connectivity index (χ1v) is 9.00. The lowest BCUT2D eigenvalue weighted by Crippen LogP contribution is -2.46. The number of sulfone groups is 1. The fourth-order valence-corrected chi connectivity index (χ4v) is 4.05. The summed E-state index contributed by atoms with van der Waals surface area (Å²) in [5.41, 5.74) is 0. The van der Waals surface area contributed by atoms with Crippen molar-refractivity contribution in [1.82, 2.24) is 9.80 Å². The largest absolute Gasteiger partial charge is 0.383 e. The van der Waals surface area contributed by atoms with Crippen LogP contribution in [0.2, 0.25) is 0 Å². The third kappa shape index (κ3) is 3.15. The molecule has 0 radical (unpaired) electrons. The van der Waals surface area contributed by atoms with E-state index in [4.69, 9.17) is 4.74 Å². The average Bonchev–Trinajstić information content (AvgIpc) is 3.19. The Labute approximate surface area is 121 Å². The molecule has 116 valence electrons. The van der Waals surface area contributed by atoms with Gasteiger partial charge in [-0.3, -0.25) is 9.69 Å². The average molecular weight is 304 g/mol. The zero-order valence-electron chi connectivity index (χ0n) is 12.3. The monoisotopic (exact) mass is 304 g/mol. The van der Waals surface area contributed by atoms with Crippen LogP contribution in [-0.2, 0) is 19.4 Å². The van der Waals surface area contributed by atoms with Gasteiger partial charge in [-0.05, 0) is 25.8 Å². The Morgan fingerprint density at radius 1 is 1.20 bits per heavy atom. The predicted octanol–water partition coefficient (Wildman–Crippen LogP) is -0.256. The molecule has 0 aromatic rings. The molecule has 1 heterocycles. The van der Waals surface area contributed by atoms with Crippen LogP contribution in [0.15, 0.2) is 0 Å². The molecule has 1 saturated carbocycles. The Hall–Kier alpha value is -0.660. The van der Waals surface area contributed by atoms with Crippen molar-refractivity contribution >= 4 is 15.7 Å². The van der Waals surface area contributed by atoms with Gasteiger partial charge in [0.15, 0.2) is 14.6 Å². The number of rotatable bonds is 5. The first kappa shape index (κ1) is 15.7. The first-order chi connectivity index (χ1) is 9.40. The van der Waals surface area contributed by atoms with Crippen molar-refractivity contribution in [2.75, 3.05) is 52.7 Å². The molecule has 0 aromatic heterocycles. The molecule has 20 heavy (non-hydrogen) atoms. The molecule has 2 aliphatic rings. The van der Waals surface area contributed by atoms with Crippen molar-refractivity contribution in [1.29, 1.82) is 0 Å². The summed E-state index contributed by atoms with van der Waals surface area (Å²) in [6.45, 7) is 4.52. The van der Waals surface area contributed by atoms with Gasteiger partial charge in [0.1, 0.15) is 0 Å². The number of ether oxygens (including phenoxy) is 1. The van der Waals surface area contributed by atoms with Crippen LogP contribution in [0.25, 0.3) is 0 Å². The maximum atomic E-state index is 12.5. The van der Waals surface area contributed by atoms with E-state index in [1.54, 1.807) is 12.0 Å². The summed E-state index contributed by atoms with van der Waals surface area (Å²) in [5.74, 6) is -0.186. The predicted molar refractivity (Wildman–Crippen MR) is 76.3 cm³/mol. The fraction of sp³-hybridized carbons (Fsp3) is 0.923. The zero-order valence-corrected chi connectivity index (χ0v) is 13.1. The second kappa shape index (κ2) is 5.99. The van der Waals surface area contributed by atoms with E-state index in [9.17, 15) is 13.2 Å². The van der Waals surface area contributed by atoms with Gasteiger partial charge < -0.3 is 9.64 Å². The number of hydrogen-bond donors (Lipinski definition) is 0. The highest BCUT2D eigenvalue weighted by Crippen LogP contribution is 2.44. The molecular weight excluding hydrogens is 280 g/mol. The highest BCUT2D eigenvalue weighted by molar-refractivity contribution is 7.93. The number of methoxy groups -OCH3 is 1. The lowest BCUT2D eigenvalue weighted by atomic mass is 10.3. The number of carbonyl (C=O) groups is 1. The van der Waals surface area contributed by atoms with Crippen LogP contribution in [0.5, 0.6) is 0 Å². The third-order valence-electron chi connectivity index (χ3n) is 4.29. The molecule has 0 aromatic carbocycles. The van der Waals surface area contributed by atoms with Gasteiger partial charge in [-0.15, -0.1) is 0 Å². The maximum absolute atomic E-state index is 12.5. The lowest BCUT2D eigenvalue weighted by molar-refractivity contribution is -0.131. The molecule has 2 rings (SSSR count). The van der Waals surface area contributed by atoms with E-state index < -0.39 is 14.6 Å². The van der Waals surface area contributed by atoms with Crippen LogP contribution >= 0.6 is 0 Å². The Balaban J connectivity index is 1.96. The van der Waals surface area contributed by atoms with E-state index in [1.807, 2.05) is 0 Å². The van der Waals surface area contributed by atoms with Crippen molar-refractivity contribution in [3.63, 3.8) is 0 Å². The molecule has 1 aliphatic carbocycles. The molecule has 2 fully saturated rings. The molecular formula is C13H24N2O4S. The first-order valence-electron chi connectivity index (χ1n) is 7.11. The number of carbonyl (C=O) groups excluding carboxylic acids is 1. The number of amides is 1. The highest BCUT2D eigenvalue weighted by Gasteiger charge is 2.60. The third-order valence-corrected chi connectivity index (χ3v) is 6.29. The Morgan fingerprint density at radius 3 is 2.45 bits per heavy atom. The number of nitrogens with zero attached hydrogens (tertiary/aromatic N) is 2. The summed E-state index contributed by atoms with van der Waals surface area (Å²) in [5, 5.41) is 0. The van der Waals surface area contributed by atoms with Gasteiger partial charge in [-0.25, -0.2) is 8.42 Å². The van der Waals surface area contributed by atoms with Gasteiger partial charge in [-0.1, -0.05) is 0 Å². The molecule has 1 saturated heterocycles. The van der Waals surface area contributed by atoms with Gasteiger partial charge in [0.05, 0.1) is 6.61 Å². The van der Waals surface area contributed by atoms with Crippen LogP contribution in [0.3, 0.4) is 0 Å². The molecule has 0 spiro atoms. The van der Waals surface area contributed by atoms with Crippen molar-refractivity contribution in [2.24, 2.45) is 0 Å². The SMILES string of the molecule is COCCN1CCCN(C(=O)C2(S(C)(=O)=O)CC2)CC1. The van der Waals surface area contributed by atoms with Crippen molar-refractivity contribution in [3.05, 3.63) is 0 Å². The summed E-state index contributed by atoms with van der Waals surface area (Å²) in [6.07, 6.45) is 3.03. The fourth-order valence-electron chi connectivity index (χ4n) is 2.76. The summed E-state index contributed by atoms with van der Waals surface area (Å²) >= 11 is 0. The Morgan fingerprint density at radius 2 is 1.90 bits per heavy atom. The van der Waals surface area contributed by atoms with Crippen LogP contribution in [0.1, 0.15) is 19.3 Å². The number of hydrogen-bond acceptors (Lipinski definition) is 5. The summed E-state index contributed by atoms with van der Waals surface area (Å²) in [4.78, 5) is 16.5. The molecule has 0 bridgehead atoms. The van der Waals surface area contributed by atoms with Gasteiger partial charge >= 0.3 is 0 Å². The van der Waals surface area contributed by atoms with Crippen molar-refractivity contribution in [3.8, 4) is 0 Å². The van der Waals surface area contributed by atoms with E-state index in [2.05, 4.69) is 4.90 Å². The van der Waals surface area contributed by atoms with Crippen LogP contribution in [0.4, 0.5) is 0 Å². The second-order valence-electron chi connectivity index (χ2n) is 5.75. The quantitative estimate of drug-likeness (QED) is 0.700. The summed E-state index contributed by atoms with van der Waals surface area (Å²) in [6, 6.07) is 0. The summed E-state index contributed by atoms with van der Waals surface area (Å²) < 4.78 is 27.6. The van der Waals surface area contributed by atoms with Crippen molar-refractivity contribution in [2.45, 2.75) is 24.0 Å². The standard InChI is InChI=1S/C13H24N2O4S/c1-19-11-10-14-6-3-7-15(9-8-14)12(16)13(4-5-13)20(2,17)18/h3-11H2,1-2H3. The molecule has 6 nitrogen and oxygen atoms in total.